The molecule has 1 aromatic heterocycles. The molecule has 0 amide bonds. The zero-order chi connectivity index (χ0) is 18.8. The maximum absolute atomic E-state index is 6.20. The molecule has 6 nitrogen and oxygen atoms in total. The summed E-state index contributed by atoms with van der Waals surface area (Å²) >= 11 is 0. The van der Waals surface area contributed by atoms with Gasteiger partial charge in [0.15, 0.2) is 0 Å². The van der Waals surface area contributed by atoms with Crippen LogP contribution < -0.4 is 10.1 Å². The molecule has 3 heterocycles. The number of nitrogens with one attached hydrogen (secondary N) is 1. The van der Waals surface area contributed by atoms with Crippen LogP contribution in [-0.4, -0.2) is 45.4 Å². The lowest BCUT2D eigenvalue weighted by molar-refractivity contribution is 0.192. The molecule has 1 aromatic carbocycles. The molecule has 1 atom stereocenters. The number of hydrogen-bond acceptors (Lipinski definition) is 5. The Morgan fingerprint density at radius 2 is 2.00 bits per heavy atom. The van der Waals surface area contributed by atoms with Gasteiger partial charge in [0.2, 0.25) is 0 Å². The zero-order valence-electron chi connectivity index (χ0n) is 16.6. The minimum Gasteiger partial charge on any atom is -0.490 e. The molecule has 6 heteroatoms. The van der Waals surface area contributed by atoms with Gasteiger partial charge in [-0.3, -0.25) is 4.90 Å². The number of ether oxygens (including phenoxy) is 1. The minimum absolute atomic E-state index is 0.420. The Bertz CT molecular complexity index is 798. The predicted molar refractivity (Wildman–Crippen MR) is 108 cm³/mol. The fraction of sp³-hybridized carbons (Fsp3) is 0.636. The summed E-state index contributed by atoms with van der Waals surface area (Å²) in [5.74, 6) is 3.82. The van der Waals surface area contributed by atoms with Crippen molar-refractivity contribution in [3.8, 4) is 5.75 Å². The van der Waals surface area contributed by atoms with Gasteiger partial charge in [0.25, 0.3) is 0 Å². The van der Waals surface area contributed by atoms with E-state index in [0.717, 1.165) is 50.8 Å². The van der Waals surface area contributed by atoms with Crippen molar-refractivity contribution in [2.75, 3.05) is 19.6 Å². The number of nitrogens with zero attached hydrogens (tertiary/aromatic N) is 4. The highest BCUT2D eigenvalue weighted by atomic mass is 16.5. The first-order valence-electron chi connectivity index (χ1n) is 11.0. The fourth-order valence-corrected chi connectivity index (χ4v) is 5.00. The molecule has 0 spiro atoms. The lowest BCUT2D eigenvalue weighted by Gasteiger charge is -2.33. The van der Waals surface area contributed by atoms with Crippen molar-refractivity contribution in [1.29, 1.82) is 0 Å². The van der Waals surface area contributed by atoms with E-state index in [1.165, 1.54) is 49.9 Å². The molecule has 1 N–H and O–H groups in total. The summed E-state index contributed by atoms with van der Waals surface area (Å²) in [4.78, 5) is 2.57. The van der Waals surface area contributed by atoms with Gasteiger partial charge >= 0.3 is 0 Å². The average Bonchev–Trinajstić information content (AvgIpc) is 3.38. The fourth-order valence-electron chi connectivity index (χ4n) is 5.00. The lowest BCUT2D eigenvalue weighted by atomic mass is 9.96. The molecule has 5 rings (SSSR count). The Morgan fingerprint density at radius 1 is 1.07 bits per heavy atom. The number of aromatic nitrogens is 3. The topological polar surface area (TPSA) is 55.2 Å². The molecule has 2 aliphatic heterocycles. The second-order valence-electron chi connectivity index (χ2n) is 8.55. The standard InChI is InChI=1S/C22H31N5O/c1-2-8-19(7-1)28-20-9-3-5-17(13-20)15-26-11-4-6-18(16-26)22-25-24-21-14-23-10-12-27(21)22/h3,5,9,13,18-19,23H,1-2,4,6-8,10-12,14-16H2/t18-/m0/s1. The Labute approximate surface area is 167 Å². The molecular weight excluding hydrogens is 350 g/mol. The van der Waals surface area contributed by atoms with Crippen LogP contribution in [0.5, 0.6) is 5.75 Å². The van der Waals surface area contributed by atoms with E-state index in [2.05, 4.69) is 49.2 Å². The number of likely N-dealkylation sites (tertiary alicyclic amines) is 1. The average molecular weight is 382 g/mol. The van der Waals surface area contributed by atoms with Crippen molar-refractivity contribution in [2.45, 2.75) is 70.2 Å². The summed E-state index contributed by atoms with van der Waals surface area (Å²) in [5.41, 5.74) is 1.35. The van der Waals surface area contributed by atoms with Crippen LogP contribution >= 0.6 is 0 Å². The maximum atomic E-state index is 6.20. The molecule has 0 unspecified atom stereocenters. The largest absolute Gasteiger partial charge is 0.490 e. The number of hydrogen-bond donors (Lipinski definition) is 1. The molecule has 1 saturated heterocycles. The highest BCUT2D eigenvalue weighted by Gasteiger charge is 2.27. The van der Waals surface area contributed by atoms with Gasteiger partial charge in [-0.2, -0.15) is 0 Å². The Balaban J connectivity index is 1.24. The van der Waals surface area contributed by atoms with Gasteiger partial charge in [0, 0.05) is 32.1 Å². The Hall–Kier alpha value is -1.92. The highest BCUT2D eigenvalue weighted by molar-refractivity contribution is 5.29. The van der Waals surface area contributed by atoms with Crippen LogP contribution in [0.3, 0.4) is 0 Å². The van der Waals surface area contributed by atoms with Crippen LogP contribution in [0.25, 0.3) is 0 Å². The molecule has 150 valence electrons. The summed E-state index contributed by atoms with van der Waals surface area (Å²) in [6.45, 7) is 6.07. The highest BCUT2D eigenvalue weighted by Crippen LogP contribution is 2.29. The zero-order valence-corrected chi connectivity index (χ0v) is 16.6. The molecular formula is C22H31N5O. The van der Waals surface area contributed by atoms with Crippen molar-refractivity contribution in [3.63, 3.8) is 0 Å². The number of piperidine rings is 1. The van der Waals surface area contributed by atoms with E-state index in [4.69, 9.17) is 4.74 Å². The van der Waals surface area contributed by atoms with Crippen molar-refractivity contribution >= 4 is 0 Å². The van der Waals surface area contributed by atoms with Gasteiger partial charge in [-0.05, 0) is 62.8 Å². The third-order valence-corrected chi connectivity index (χ3v) is 6.43. The van der Waals surface area contributed by atoms with E-state index in [1.54, 1.807) is 0 Å². The second kappa shape index (κ2) is 8.21. The van der Waals surface area contributed by atoms with Gasteiger partial charge in [-0.25, -0.2) is 0 Å². The third kappa shape index (κ3) is 3.94. The molecule has 0 bridgehead atoms. The summed E-state index contributed by atoms with van der Waals surface area (Å²) in [5, 5.41) is 12.4. The van der Waals surface area contributed by atoms with E-state index in [1.807, 2.05) is 0 Å². The van der Waals surface area contributed by atoms with Crippen molar-refractivity contribution in [2.24, 2.45) is 0 Å². The molecule has 28 heavy (non-hydrogen) atoms. The Morgan fingerprint density at radius 3 is 2.93 bits per heavy atom. The van der Waals surface area contributed by atoms with E-state index in [9.17, 15) is 0 Å². The second-order valence-corrected chi connectivity index (χ2v) is 8.55. The van der Waals surface area contributed by atoms with Crippen LogP contribution in [0, 0.1) is 0 Å². The van der Waals surface area contributed by atoms with Gasteiger partial charge in [0.05, 0.1) is 12.6 Å². The van der Waals surface area contributed by atoms with E-state index in [0.29, 0.717) is 12.0 Å². The summed E-state index contributed by atoms with van der Waals surface area (Å²) in [6, 6.07) is 8.72. The monoisotopic (exact) mass is 381 g/mol. The van der Waals surface area contributed by atoms with Crippen LogP contribution in [0.15, 0.2) is 24.3 Å². The maximum Gasteiger partial charge on any atom is 0.147 e. The SMILES string of the molecule is c1cc(CN2CCC[C@H](c3nnc4n3CCNC4)C2)cc(OC2CCCC2)c1. The van der Waals surface area contributed by atoms with Crippen LogP contribution in [-0.2, 0) is 19.6 Å². The van der Waals surface area contributed by atoms with Gasteiger partial charge in [0.1, 0.15) is 17.4 Å². The summed E-state index contributed by atoms with van der Waals surface area (Å²) in [7, 11) is 0. The van der Waals surface area contributed by atoms with Crippen LogP contribution in [0.1, 0.15) is 61.7 Å². The van der Waals surface area contributed by atoms with E-state index in [-0.39, 0.29) is 0 Å². The van der Waals surface area contributed by atoms with E-state index < -0.39 is 0 Å². The third-order valence-electron chi connectivity index (χ3n) is 6.43. The van der Waals surface area contributed by atoms with Crippen LogP contribution in [0.2, 0.25) is 0 Å². The number of rotatable bonds is 5. The molecule has 2 fully saturated rings. The predicted octanol–water partition coefficient (Wildman–Crippen LogP) is 3.08. The number of benzene rings is 1. The van der Waals surface area contributed by atoms with Crippen molar-refractivity contribution < 1.29 is 4.74 Å². The van der Waals surface area contributed by atoms with Crippen molar-refractivity contribution in [3.05, 3.63) is 41.5 Å². The van der Waals surface area contributed by atoms with Gasteiger partial charge < -0.3 is 14.6 Å². The Kier molecular flexibility index (Phi) is 5.32. The first kappa shape index (κ1) is 18.1. The lowest BCUT2D eigenvalue weighted by Crippen LogP contribution is -2.36. The molecule has 1 saturated carbocycles. The molecule has 0 radical (unpaired) electrons. The van der Waals surface area contributed by atoms with Crippen LogP contribution in [0.4, 0.5) is 0 Å². The first-order chi connectivity index (χ1) is 13.8. The minimum atomic E-state index is 0.420. The van der Waals surface area contributed by atoms with Gasteiger partial charge in [-0.1, -0.05) is 12.1 Å². The molecule has 1 aliphatic carbocycles. The number of fused-ring (bicyclic) bond motifs is 1. The van der Waals surface area contributed by atoms with Gasteiger partial charge in [-0.15, -0.1) is 10.2 Å². The van der Waals surface area contributed by atoms with E-state index >= 15 is 0 Å². The first-order valence-corrected chi connectivity index (χ1v) is 11.0. The molecule has 3 aliphatic rings. The summed E-state index contributed by atoms with van der Waals surface area (Å²) < 4.78 is 8.55. The van der Waals surface area contributed by atoms with Crippen molar-refractivity contribution in [1.82, 2.24) is 25.0 Å². The smallest absolute Gasteiger partial charge is 0.147 e. The normalized spacial score (nSPS) is 23.6. The molecule has 2 aromatic rings. The summed E-state index contributed by atoms with van der Waals surface area (Å²) in [6.07, 6.45) is 7.88. The quantitative estimate of drug-likeness (QED) is 0.863.